The van der Waals surface area contributed by atoms with Crippen LogP contribution in [0.25, 0.3) is 10.9 Å². The van der Waals surface area contributed by atoms with Gasteiger partial charge in [0, 0.05) is 23.6 Å². The number of nitrogens with zero attached hydrogens (tertiary/aromatic N) is 1. The van der Waals surface area contributed by atoms with Crippen LogP contribution in [0.1, 0.15) is 5.56 Å². The van der Waals surface area contributed by atoms with Crippen molar-refractivity contribution < 1.29 is 9.53 Å². The summed E-state index contributed by atoms with van der Waals surface area (Å²) in [6.07, 6.45) is 1.92. The Morgan fingerprint density at radius 2 is 1.95 bits per heavy atom. The number of hydrogen-bond donors (Lipinski definition) is 1. The fourth-order valence-electron chi connectivity index (χ4n) is 2.45. The smallest absolute Gasteiger partial charge is 0.240 e. The van der Waals surface area contributed by atoms with Crippen LogP contribution in [0, 0.1) is 0 Å². The maximum Gasteiger partial charge on any atom is 0.240 e. The molecule has 3 aromatic rings. The van der Waals surface area contributed by atoms with Crippen molar-refractivity contribution in [1.29, 1.82) is 0 Å². The van der Waals surface area contributed by atoms with Crippen LogP contribution in [-0.4, -0.2) is 17.6 Å². The lowest BCUT2D eigenvalue weighted by Crippen LogP contribution is -2.26. The van der Waals surface area contributed by atoms with Crippen LogP contribution in [-0.2, 0) is 17.9 Å². The van der Waals surface area contributed by atoms with E-state index in [1.807, 2.05) is 65.4 Å². The Kier molecular flexibility index (Phi) is 4.10. The summed E-state index contributed by atoms with van der Waals surface area (Å²) in [5.74, 6) is 0.816. The van der Waals surface area contributed by atoms with Crippen LogP contribution in [0.15, 0.2) is 60.8 Å². The Balaban J connectivity index is 1.66. The standard InChI is InChI=1S/C18H18N2O2/c1-22-16-7-8-17-15(11-16)9-10-20(17)13-18(21)19-12-14-5-3-2-4-6-14/h2-11H,12-13H2,1H3,(H,19,21). The maximum atomic E-state index is 12.1. The van der Waals surface area contributed by atoms with Gasteiger partial charge in [-0.1, -0.05) is 30.3 Å². The number of methoxy groups -OCH3 is 1. The molecule has 1 amide bonds. The second-order valence-corrected chi connectivity index (χ2v) is 5.13. The SMILES string of the molecule is COc1ccc2c(ccn2CC(=O)NCc2ccccc2)c1. The fraction of sp³-hybridized carbons (Fsp3) is 0.167. The van der Waals surface area contributed by atoms with Crippen molar-refractivity contribution in [1.82, 2.24) is 9.88 Å². The molecule has 0 fully saturated rings. The number of benzene rings is 2. The van der Waals surface area contributed by atoms with Crippen molar-refractivity contribution in [2.75, 3.05) is 7.11 Å². The first kappa shape index (κ1) is 14.2. The van der Waals surface area contributed by atoms with Crippen molar-refractivity contribution in [2.45, 2.75) is 13.1 Å². The third-order valence-electron chi connectivity index (χ3n) is 3.62. The molecule has 112 valence electrons. The van der Waals surface area contributed by atoms with Gasteiger partial charge in [0.05, 0.1) is 7.11 Å². The van der Waals surface area contributed by atoms with E-state index in [2.05, 4.69) is 5.32 Å². The molecule has 0 aliphatic carbocycles. The number of aromatic nitrogens is 1. The van der Waals surface area contributed by atoms with Crippen LogP contribution in [0.2, 0.25) is 0 Å². The maximum absolute atomic E-state index is 12.1. The Bertz CT molecular complexity index is 778. The Labute approximate surface area is 129 Å². The van der Waals surface area contributed by atoms with E-state index in [0.29, 0.717) is 13.1 Å². The molecular weight excluding hydrogens is 276 g/mol. The van der Waals surface area contributed by atoms with Gasteiger partial charge in [-0.2, -0.15) is 0 Å². The van der Waals surface area contributed by atoms with Crippen molar-refractivity contribution >= 4 is 16.8 Å². The van der Waals surface area contributed by atoms with Gasteiger partial charge in [0.1, 0.15) is 12.3 Å². The van der Waals surface area contributed by atoms with E-state index >= 15 is 0 Å². The summed E-state index contributed by atoms with van der Waals surface area (Å²) >= 11 is 0. The predicted octanol–water partition coefficient (Wildman–Crippen LogP) is 2.97. The average Bonchev–Trinajstić information content (AvgIpc) is 2.96. The van der Waals surface area contributed by atoms with E-state index in [1.165, 1.54) is 0 Å². The number of ether oxygens (including phenoxy) is 1. The van der Waals surface area contributed by atoms with Crippen LogP contribution < -0.4 is 10.1 Å². The number of carbonyl (C=O) groups excluding carboxylic acids is 1. The van der Waals surface area contributed by atoms with Gasteiger partial charge in [0.15, 0.2) is 0 Å². The minimum absolute atomic E-state index is 0.00262. The van der Waals surface area contributed by atoms with Gasteiger partial charge in [-0.15, -0.1) is 0 Å². The normalized spacial score (nSPS) is 10.6. The highest BCUT2D eigenvalue weighted by Crippen LogP contribution is 2.21. The first-order chi connectivity index (χ1) is 10.8. The van der Waals surface area contributed by atoms with Gasteiger partial charge in [-0.05, 0) is 29.8 Å². The monoisotopic (exact) mass is 294 g/mol. The number of hydrogen-bond acceptors (Lipinski definition) is 2. The molecule has 0 saturated carbocycles. The number of carbonyl (C=O) groups is 1. The van der Waals surface area contributed by atoms with E-state index in [4.69, 9.17) is 4.74 Å². The average molecular weight is 294 g/mol. The molecule has 3 rings (SSSR count). The molecule has 4 nitrogen and oxygen atoms in total. The Hall–Kier alpha value is -2.75. The van der Waals surface area contributed by atoms with Gasteiger partial charge in [-0.25, -0.2) is 0 Å². The summed E-state index contributed by atoms with van der Waals surface area (Å²) < 4.78 is 7.15. The fourth-order valence-corrected chi connectivity index (χ4v) is 2.45. The van der Waals surface area contributed by atoms with Gasteiger partial charge in [0.2, 0.25) is 5.91 Å². The van der Waals surface area contributed by atoms with Crippen LogP contribution >= 0.6 is 0 Å². The first-order valence-electron chi connectivity index (χ1n) is 7.20. The van der Waals surface area contributed by atoms with E-state index < -0.39 is 0 Å². The van der Waals surface area contributed by atoms with Gasteiger partial charge in [0.25, 0.3) is 0 Å². The molecule has 0 saturated heterocycles. The zero-order chi connectivity index (χ0) is 15.4. The quantitative estimate of drug-likeness (QED) is 0.786. The number of fused-ring (bicyclic) bond motifs is 1. The molecule has 0 bridgehead atoms. The molecule has 0 aliphatic rings. The molecule has 1 N–H and O–H groups in total. The predicted molar refractivity (Wildman–Crippen MR) is 86.8 cm³/mol. The minimum Gasteiger partial charge on any atom is -0.497 e. The summed E-state index contributed by atoms with van der Waals surface area (Å²) in [6, 6.07) is 17.7. The van der Waals surface area contributed by atoms with Crippen LogP contribution in [0.3, 0.4) is 0 Å². The second-order valence-electron chi connectivity index (χ2n) is 5.13. The third-order valence-corrected chi connectivity index (χ3v) is 3.62. The number of rotatable bonds is 5. The van der Waals surface area contributed by atoms with E-state index in [9.17, 15) is 4.79 Å². The zero-order valence-corrected chi connectivity index (χ0v) is 12.5. The molecule has 0 spiro atoms. The van der Waals surface area contributed by atoms with Gasteiger partial charge >= 0.3 is 0 Å². The van der Waals surface area contributed by atoms with Crippen molar-refractivity contribution in [2.24, 2.45) is 0 Å². The summed E-state index contributed by atoms with van der Waals surface area (Å²) in [5, 5.41) is 4.01. The van der Waals surface area contributed by atoms with E-state index in [0.717, 1.165) is 22.2 Å². The summed E-state index contributed by atoms with van der Waals surface area (Å²) in [5.41, 5.74) is 2.12. The molecule has 0 radical (unpaired) electrons. The lowest BCUT2D eigenvalue weighted by molar-refractivity contribution is -0.121. The van der Waals surface area contributed by atoms with Crippen molar-refractivity contribution in [3.8, 4) is 5.75 Å². The topological polar surface area (TPSA) is 43.3 Å². The molecular formula is C18H18N2O2. The largest absolute Gasteiger partial charge is 0.497 e. The molecule has 0 aliphatic heterocycles. The van der Waals surface area contributed by atoms with Crippen LogP contribution in [0.5, 0.6) is 5.75 Å². The molecule has 1 heterocycles. The number of nitrogens with one attached hydrogen (secondary N) is 1. The first-order valence-corrected chi connectivity index (χ1v) is 7.20. The molecule has 4 heteroatoms. The molecule has 0 atom stereocenters. The lowest BCUT2D eigenvalue weighted by Gasteiger charge is -2.08. The van der Waals surface area contributed by atoms with E-state index in [-0.39, 0.29) is 5.91 Å². The van der Waals surface area contributed by atoms with Gasteiger partial charge < -0.3 is 14.6 Å². The van der Waals surface area contributed by atoms with Crippen molar-refractivity contribution in [3.63, 3.8) is 0 Å². The number of amides is 1. The minimum atomic E-state index is -0.00262. The highest BCUT2D eigenvalue weighted by Gasteiger charge is 2.07. The summed E-state index contributed by atoms with van der Waals surface area (Å²) in [6.45, 7) is 0.857. The lowest BCUT2D eigenvalue weighted by atomic mass is 10.2. The van der Waals surface area contributed by atoms with Gasteiger partial charge in [-0.3, -0.25) is 4.79 Å². The highest BCUT2D eigenvalue weighted by molar-refractivity contribution is 5.84. The van der Waals surface area contributed by atoms with E-state index in [1.54, 1.807) is 7.11 Å². The molecule has 1 aromatic heterocycles. The third kappa shape index (κ3) is 3.11. The van der Waals surface area contributed by atoms with Crippen LogP contribution in [0.4, 0.5) is 0 Å². The highest BCUT2D eigenvalue weighted by atomic mass is 16.5. The Morgan fingerprint density at radius 1 is 1.14 bits per heavy atom. The molecule has 22 heavy (non-hydrogen) atoms. The second kappa shape index (κ2) is 6.35. The summed E-state index contributed by atoms with van der Waals surface area (Å²) in [7, 11) is 1.65. The van der Waals surface area contributed by atoms with Crippen molar-refractivity contribution in [3.05, 3.63) is 66.4 Å². The molecule has 0 unspecified atom stereocenters. The Morgan fingerprint density at radius 3 is 2.73 bits per heavy atom. The zero-order valence-electron chi connectivity index (χ0n) is 12.5. The molecule has 2 aromatic carbocycles. The summed E-state index contributed by atoms with van der Waals surface area (Å²) in [4.78, 5) is 12.1.